The maximum atomic E-state index is 12.6. The lowest BCUT2D eigenvalue weighted by molar-refractivity contribution is 0.119. The Hall–Kier alpha value is -1.70. The van der Waals surface area contributed by atoms with E-state index in [9.17, 15) is 9.32 Å². The average Bonchev–Trinajstić information content (AvgIpc) is 3.40. The smallest absolute Gasteiger partial charge is 0.227 e. The van der Waals surface area contributed by atoms with E-state index in [0.29, 0.717) is 28.5 Å². The number of benzene rings is 1. The molecule has 0 amide bonds. The van der Waals surface area contributed by atoms with Crippen LogP contribution in [0.25, 0.3) is 0 Å². The van der Waals surface area contributed by atoms with Gasteiger partial charge in [0.15, 0.2) is 5.82 Å². The first-order valence-corrected chi connectivity index (χ1v) is 12.9. The summed E-state index contributed by atoms with van der Waals surface area (Å²) in [6.45, 7) is 2.03. The molecule has 1 N–H and O–H groups in total. The lowest BCUT2D eigenvalue weighted by atomic mass is 9.76. The molecule has 2 aliphatic carbocycles. The van der Waals surface area contributed by atoms with Gasteiger partial charge in [0.25, 0.3) is 0 Å². The Kier molecular flexibility index (Phi) is 4.78. The van der Waals surface area contributed by atoms with Crippen LogP contribution in [0.3, 0.4) is 0 Å². The quantitative estimate of drug-likeness (QED) is 0.755. The maximum Gasteiger partial charge on any atom is 0.227 e. The fourth-order valence-corrected chi connectivity index (χ4v) is 7.46. The highest BCUT2D eigenvalue weighted by molar-refractivity contribution is 7.85. The van der Waals surface area contributed by atoms with Crippen LogP contribution in [0.4, 0.5) is 11.8 Å². The lowest BCUT2D eigenvalue weighted by Crippen LogP contribution is -2.56. The van der Waals surface area contributed by atoms with Crippen molar-refractivity contribution in [2.24, 2.45) is 11.8 Å². The van der Waals surface area contributed by atoms with Gasteiger partial charge in [0.1, 0.15) is 10.8 Å². The first kappa shape index (κ1) is 19.9. The van der Waals surface area contributed by atoms with Crippen LogP contribution < -0.4 is 9.80 Å². The van der Waals surface area contributed by atoms with Crippen LogP contribution in [-0.2, 0) is 10.8 Å². The molecular formula is C23H27ClN4O2S. The molecule has 1 aromatic carbocycles. The molecule has 6 rings (SSSR count). The van der Waals surface area contributed by atoms with E-state index >= 15 is 0 Å². The van der Waals surface area contributed by atoms with Crippen molar-refractivity contribution < 1.29 is 9.32 Å². The van der Waals surface area contributed by atoms with Gasteiger partial charge in [-0.25, -0.2) is 4.98 Å². The summed E-state index contributed by atoms with van der Waals surface area (Å²) in [5.41, 5.74) is 1.10. The van der Waals surface area contributed by atoms with E-state index in [0.717, 1.165) is 49.1 Å². The second kappa shape index (κ2) is 7.42. The first-order chi connectivity index (χ1) is 15.1. The average molecular weight is 459 g/mol. The molecule has 164 valence electrons. The summed E-state index contributed by atoms with van der Waals surface area (Å²) >= 11 is 6.05. The minimum absolute atomic E-state index is 0.0862. The van der Waals surface area contributed by atoms with Crippen molar-refractivity contribution >= 4 is 34.2 Å². The zero-order chi connectivity index (χ0) is 21.2. The van der Waals surface area contributed by atoms with Crippen molar-refractivity contribution in [1.29, 1.82) is 0 Å². The van der Waals surface area contributed by atoms with Gasteiger partial charge in [-0.1, -0.05) is 23.7 Å². The topological polar surface area (TPSA) is 69.6 Å². The van der Waals surface area contributed by atoms with E-state index in [1.807, 2.05) is 12.1 Å². The van der Waals surface area contributed by atoms with Gasteiger partial charge in [0, 0.05) is 18.1 Å². The van der Waals surface area contributed by atoms with E-state index in [4.69, 9.17) is 16.6 Å². The van der Waals surface area contributed by atoms with Gasteiger partial charge in [-0.2, -0.15) is 4.98 Å². The van der Waals surface area contributed by atoms with Gasteiger partial charge in [-0.15, -0.1) is 0 Å². The second-order valence-corrected chi connectivity index (χ2v) is 11.5. The first-order valence-electron chi connectivity index (χ1n) is 11.2. The summed E-state index contributed by atoms with van der Waals surface area (Å²) in [6.07, 6.45) is 7.09. The third kappa shape index (κ3) is 3.19. The largest absolute Gasteiger partial charge is 0.394 e. The Labute approximate surface area is 190 Å². The van der Waals surface area contributed by atoms with Gasteiger partial charge in [-0.05, 0) is 67.6 Å². The van der Waals surface area contributed by atoms with Gasteiger partial charge in [0.2, 0.25) is 5.95 Å². The van der Waals surface area contributed by atoms with Gasteiger partial charge >= 0.3 is 0 Å². The number of aromatic nitrogens is 2. The van der Waals surface area contributed by atoms with E-state index in [1.165, 1.54) is 18.4 Å². The molecule has 0 radical (unpaired) electrons. The third-order valence-corrected chi connectivity index (χ3v) is 9.52. The zero-order valence-electron chi connectivity index (χ0n) is 17.4. The van der Waals surface area contributed by atoms with E-state index < -0.39 is 10.8 Å². The minimum Gasteiger partial charge on any atom is -0.394 e. The third-order valence-electron chi connectivity index (χ3n) is 8.00. The molecule has 3 atom stereocenters. The van der Waals surface area contributed by atoms with Crippen LogP contribution in [0.1, 0.15) is 43.6 Å². The molecule has 4 aliphatic rings. The molecule has 6 nitrogen and oxygen atoms in total. The number of aliphatic hydroxyl groups excluding tert-OH is 1. The normalized spacial score (nSPS) is 30.9. The Morgan fingerprint density at radius 3 is 2.48 bits per heavy atom. The van der Waals surface area contributed by atoms with Crippen molar-refractivity contribution in [1.82, 2.24) is 9.97 Å². The molecule has 3 unspecified atom stereocenters. The van der Waals surface area contributed by atoms with E-state index in [-0.39, 0.29) is 12.1 Å². The SMILES string of the molecule is O=S1CN(C2(CO)CCC2)c2nc(N3CC4CC(c5ccc(Cl)cc5)CC4C3)ncc21. The number of halogens is 1. The number of nitrogens with zero attached hydrogens (tertiary/aromatic N) is 4. The van der Waals surface area contributed by atoms with Gasteiger partial charge in [0.05, 0.1) is 29.1 Å². The number of fused-ring (bicyclic) bond motifs is 2. The van der Waals surface area contributed by atoms with Gasteiger partial charge in [-0.3, -0.25) is 4.21 Å². The van der Waals surface area contributed by atoms with Crippen molar-refractivity contribution in [2.45, 2.75) is 48.5 Å². The monoisotopic (exact) mass is 458 g/mol. The van der Waals surface area contributed by atoms with Crippen LogP contribution in [0.2, 0.25) is 5.02 Å². The van der Waals surface area contributed by atoms with E-state index in [2.05, 4.69) is 26.9 Å². The molecule has 2 saturated carbocycles. The van der Waals surface area contributed by atoms with Crippen molar-refractivity contribution in [3.63, 3.8) is 0 Å². The van der Waals surface area contributed by atoms with Crippen LogP contribution in [-0.4, -0.2) is 50.4 Å². The molecule has 0 bridgehead atoms. The summed E-state index contributed by atoms with van der Waals surface area (Å²) < 4.78 is 12.6. The predicted molar refractivity (Wildman–Crippen MR) is 122 cm³/mol. The van der Waals surface area contributed by atoms with E-state index in [1.54, 1.807) is 6.20 Å². The van der Waals surface area contributed by atoms with Crippen LogP contribution in [0, 0.1) is 11.8 Å². The molecule has 0 spiro atoms. The molecule has 1 aromatic heterocycles. The number of rotatable bonds is 4. The molecule has 1 saturated heterocycles. The molecule has 2 aliphatic heterocycles. The summed E-state index contributed by atoms with van der Waals surface area (Å²) in [4.78, 5) is 14.6. The highest BCUT2D eigenvalue weighted by Crippen LogP contribution is 2.48. The Bertz CT molecular complexity index is 1010. The fraction of sp³-hybridized carbons (Fsp3) is 0.565. The number of anilines is 2. The summed E-state index contributed by atoms with van der Waals surface area (Å²) in [5.74, 6) is 3.84. The van der Waals surface area contributed by atoms with Crippen LogP contribution in [0.15, 0.2) is 35.4 Å². The minimum atomic E-state index is -1.12. The summed E-state index contributed by atoms with van der Waals surface area (Å²) in [5, 5.41) is 10.8. The van der Waals surface area contributed by atoms with Crippen molar-refractivity contribution in [3.8, 4) is 0 Å². The maximum absolute atomic E-state index is 12.6. The molecule has 2 aromatic rings. The van der Waals surface area contributed by atoms with Crippen molar-refractivity contribution in [2.75, 3.05) is 35.4 Å². The van der Waals surface area contributed by atoms with Crippen LogP contribution in [0.5, 0.6) is 0 Å². The summed E-state index contributed by atoms with van der Waals surface area (Å²) in [6, 6.07) is 8.32. The fourth-order valence-electron chi connectivity index (χ4n) is 6.04. The van der Waals surface area contributed by atoms with Gasteiger partial charge < -0.3 is 14.9 Å². The Balaban J connectivity index is 1.20. The van der Waals surface area contributed by atoms with Crippen LogP contribution >= 0.6 is 11.6 Å². The van der Waals surface area contributed by atoms with Crippen molar-refractivity contribution in [3.05, 3.63) is 41.0 Å². The molecule has 3 heterocycles. The highest BCUT2D eigenvalue weighted by Gasteiger charge is 2.48. The Morgan fingerprint density at radius 2 is 1.87 bits per heavy atom. The number of hydrogen-bond acceptors (Lipinski definition) is 6. The second-order valence-electron chi connectivity index (χ2n) is 9.64. The predicted octanol–water partition coefficient (Wildman–Crippen LogP) is 3.56. The molecule has 31 heavy (non-hydrogen) atoms. The number of hydrogen-bond donors (Lipinski definition) is 1. The molecule has 3 fully saturated rings. The number of aliphatic hydroxyl groups is 1. The highest BCUT2D eigenvalue weighted by atomic mass is 35.5. The molecule has 8 heteroatoms. The standard InChI is InChI=1S/C23H27ClN4O2S/c24-19-4-2-15(3-5-19)16-8-17-11-27(12-18(17)9-16)22-25-10-20-21(26-22)28(14-31(20)30)23(13-29)6-1-7-23/h2-5,10,16-18,29H,1,6-9,11-14H2. The Morgan fingerprint density at radius 1 is 1.16 bits per heavy atom. The summed E-state index contributed by atoms with van der Waals surface area (Å²) in [7, 11) is -1.12. The lowest BCUT2D eigenvalue weighted by Gasteiger charge is -2.47. The zero-order valence-corrected chi connectivity index (χ0v) is 19.0. The molecular weight excluding hydrogens is 432 g/mol.